The van der Waals surface area contributed by atoms with Crippen molar-refractivity contribution in [3.63, 3.8) is 0 Å². The second-order valence-electron chi connectivity index (χ2n) is 23.5. The molecule has 1 aromatic rings. The number of likely N-dealkylation sites (tertiary alicyclic amines) is 2. The van der Waals surface area contributed by atoms with E-state index in [1.807, 2.05) is 0 Å². The minimum atomic E-state index is -1.88. The highest BCUT2D eigenvalue weighted by Crippen LogP contribution is 2.23. The third kappa shape index (κ3) is 28.6. The van der Waals surface area contributed by atoms with E-state index in [1.54, 1.807) is 0 Å². The summed E-state index contributed by atoms with van der Waals surface area (Å²) in [5, 5.41) is 64.1. The Labute approximate surface area is 596 Å². The van der Waals surface area contributed by atoms with E-state index in [1.165, 1.54) is 36.1 Å². The first-order valence-corrected chi connectivity index (χ1v) is 33.7. The Morgan fingerprint density at radius 2 is 0.891 bits per heavy atom. The summed E-state index contributed by atoms with van der Waals surface area (Å²) in [5.74, 6) is -16.7. The topological polar surface area (TPSA) is 671 Å². The standard InChI is InChI=1S/C58H93N21O19S3/c1-27(68-46(87)34(21-43(61)84)72-51(92)37(24-99)75-45(86)30(59)14-15-42(60)83)44(85)69-31(6-2-16-66-57(62)63)54(95)78-18-4-9-41(78)53(94)77-39(26-101)55(96)79-19-5-8-40(79)52(93)74-36(23-81)49(90)73-35(22-80)48(89)71-33(20-28-10-12-29(82)13-11-28)47(88)76-38(25-100)50(91)70-32(56(97)98)7-3-17-67-58(64)65/h10-13,27,30-41,80-82,99-101H,2-9,14-26,59H2,1H3,(H2,60,83)(H2,61,84)(H,68,87)(H,69,85)(H,70,91)(H,71,89)(H,72,92)(H,73,90)(H,74,93)(H,75,86)(H,76,88)(H,77,94)(H,97,98)(H4,62,63,66)(H4,64,65,67)/t27-,30-,31-,32-,33-,34-,35-,36-,37-,38-,39-,40-,41-/m0/s1. The van der Waals surface area contributed by atoms with E-state index < -0.39 is 187 Å². The molecule has 2 heterocycles. The van der Waals surface area contributed by atoms with Crippen molar-refractivity contribution in [3.8, 4) is 5.75 Å². The Bertz CT molecular complexity index is 3170. The molecule has 14 amide bonds. The lowest BCUT2D eigenvalue weighted by Gasteiger charge is -2.32. The van der Waals surface area contributed by atoms with Gasteiger partial charge in [-0.3, -0.25) is 77.1 Å². The molecule has 40 nitrogen and oxygen atoms in total. The van der Waals surface area contributed by atoms with Gasteiger partial charge in [-0.1, -0.05) is 12.1 Å². The Kier molecular flexibility index (Phi) is 36.7. The highest BCUT2D eigenvalue weighted by molar-refractivity contribution is 7.80. The summed E-state index contributed by atoms with van der Waals surface area (Å²) in [6.07, 6.45) is -0.966. The van der Waals surface area contributed by atoms with E-state index in [-0.39, 0.29) is 132 Å². The quantitative estimate of drug-likeness (QED) is 0.0125. The fourth-order valence-corrected chi connectivity index (χ4v) is 11.0. The van der Waals surface area contributed by atoms with Gasteiger partial charge in [0.25, 0.3) is 0 Å². The van der Waals surface area contributed by atoms with Gasteiger partial charge in [-0.15, -0.1) is 0 Å². The number of nitrogens with one attached hydrogen (secondary N) is 10. The molecule has 43 heteroatoms. The maximum atomic E-state index is 14.5. The smallest absolute Gasteiger partial charge is 0.326 e. The summed E-state index contributed by atoms with van der Waals surface area (Å²) in [6, 6.07) is -14.2. The number of nitrogens with two attached hydrogens (primary N) is 7. The number of aromatic hydroxyl groups is 1. The maximum Gasteiger partial charge on any atom is 0.326 e. The van der Waals surface area contributed by atoms with E-state index in [4.69, 9.17) is 40.1 Å². The number of primary amides is 2. The molecule has 0 spiro atoms. The molecule has 2 fully saturated rings. The van der Waals surface area contributed by atoms with Crippen LogP contribution in [0.3, 0.4) is 0 Å². The lowest BCUT2D eigenvalue weighted by molar-refractivity contribution is -0.144. The van der Waals surface area contributed by atoms with Gasteiger partial charge in [-0.05, 0) is 82.4 Å². The molecular formula is C58H93N21O19S3. The zero-order valence-corrected chi connectivity index (χ0v) is 57.9. The van der Waals surface area contributed by atoms with E-state index >= 15 is 0 Å². The number of rotatable bonds is 43. The monoisotopic (exact) mass is 1480 g/mol. The number of thiol groups is 3. The molecule has 28 N–H and O–H groups in total. The van der Waals surface area contributed by atoms with E-state index in [2.05, 4.69) is 101 Å². The molecule has 2 saturated heterocycles. The first kappa shape index (κ1) is 85.8. The summed E-state index contributed by atoms with van der Waals surface area (Å²) in [4.78, 5) is 210. The molecule has 0 unspecified atom stereocenters. The number of aliphatic imine (C=N–C) groups is 2. The molecule has 0 aromatic heterocycles. The van der Waals surface area contributed by atoms with Crippen LogP contribution in [0.4, 0.5) is 0 Å². The number of aliphatic hydroxyl groups is 2. The predicted molar refractivity (Wildman–Crippen MR) is 370 cm³/mol. The van der Waals surface area contributed by atoms with Crippen LogP contribution < -0.4 is 93.3 Å². The third-order valence-electron chi connectivity index (χ3n) is 15.7. The summed E-state index contributed by atoms with van der Waals surface area (Å²) < 4.78 is 0. The van der Waals surface area contributed by atoms with Gasteiger partial charge in [0.1, 0.15) is 78.3 Å². The number of phenolic OH excluding ortho intramolecular Hbond substituents is 1. The summed E-state index contributed by atoms with van der Waals surface area (Å²) in [7, 11) is 0. The number of carboxylic acid groups (broad SMARTS) is 1. The minimum absolute atomic E-state index is 0.0116. The van der Waals surface area contributed by atoms with Gasteiger partial charge < -0.3 is 124 Å². The van der Waals surface area contributed by atoms with E-state index in [0.717, 1.165) is 4.90 Å². The second-order valence-corrected chi connectivity index (χ2v) is 24.6. The van der Waals surface area contributed by atoms with Crippen molar-refractivity contribution in [2.24, 2.45) is 50.1 Å². The molecule has 3 rings (SSSR count). The number of guanidine groups is 2. The van der Waals surface area contributed by atoms with E-state index in [9.17, 15) is 92.3 Å². The largest absolute Gasteiger partial charge is 0.508 e. The molecule has 0 bridgehead atoms. The summed E-state index contributed by atoms with van der Waals surface area (Å²) in [5.41, 5.74) is 38.3. The average molecular weight is 1480 g/mol. The average Bonchev–Trinajstić information content (AvgIpc) is 1.73. The van der Waals surface area contributed by atoms with Crippen molar-refractivity contribution in [1.82, 2.24) is 63.0 Å². The molecule has 2 aliphatic heterocycles. The van der Waals surface area contributed by atoms with Crippen molar-refractivity contribution in [1.29, 1.82) is 0 Å². The lowest BCUT2D eigenvalue weighted by Crippen LogP contribution is -2.61. The number of carbonyl (C=O) groups excluding carboxylic acids is 14. The number of hydrogen-bond acceptors (Lipinski definition) is 24. The van der Waals surface area contributed by atoms with Crippen LogP contribution in [0.25, 0.3) is 0 Å². The van der Waals surface area contributed by atoms with Crippen LogP contribution in [-0.4, -0.2) is 266 Å². The van der Waals surface area contributed by atoms with Crippen molar-refractivity contribution in [2.75, 3.05) is 56.7 Å². The number of aliphatic hydroxyl groups excluding tert-OH is 2. The molecule has 0 saturated carbocycles. The van der Waals surface area contributed by atoms with Crippen molar-refractivity contribution < 1.29 is 92.3 Å². The third-order valence-corrected chi connectivity index (χ3v) is 16.8. The Hall–Kier alpha value is -9.46. The highest BCUT2D eigenvalue weighted by atomic mass is 32.1. The first-order valence-electron chi connectivity index (χ1n) is 31.8. The number of nitrogens with zero attached hydrogens (tertiary/aromatic N) is 4. The van der Waals surface area contributed by atoms with Crippen LogP contribution in [-0.2, 0) is 78.3 Å². The van der Waals surface area contributed by atoms with Gasteiger partial charge in [-0.2, -0.15) is 37.9 Å². The molecular weight excluding hydrogens is 1390 g/mol. The first-order chi connectivity index (χ1) is 47.7. The molecule has 562 valence electrons. The van der Waals surface area contributed by atoms with Crippen molar-refractivity contribution in [2.45, 2.75) is 163 Å². The predicted octanol–water partition coefficient (Wildman–Crippen LogP) is -10.8. The number of amides is 14. The fraction of sp³-hybridized carbons (Fsp3) is 0.603. The molecule has 0 radical (unpaired) electrons. The zero-order chi connectivity index (χ0) is 75.8. The molecule has 1 aromatic carbocycles. The van der Waals surface area contributed by atoms with E-state index in [0.29, 0.717) is 5.56 Å². The zero-order valence-electron chi connectivity index (χ0n) is 55.2. The SMILES string of the molecule is C[C@H](NC(=O)[C@H](CC(N)=O)NC(=O)[C@H](CS)NC(=O)[C@@H](N)CCC(N)=O)C(=O)N[C@@H](CCCN=C(N)N)C(=O)N1CCC[C@H]1C(=O)N[C@@H](CS)C(=O)N1CCC[C@H]1C(=O)N[C@@H](CO)C(=O)N[C@@H](CO)C(=O)N[C@@H](Cc1ccc(O)cc1)C(=O)N[C@@H](CS)C(=O)N[C@@H](CCCN=C(N)N)C(=O)O. The van der Waals surface area contributed by atoms with Crippen LogP contribution in [0.2, 0.25) is 0 Å². The summed E-state index contributed by atoms with van der Waals surface area (Å²) in [6.45, 7) is -1.05. The van der Waals surface area contributed by atoms with Gasteiger partial charge >= 0.3 is 5.97 Å². The number of phenols is 1. The van der Waals surface area contributed by atoms with Crippen molar-refractivity contribution >= 4 is 138 Å². The lowest BCUT2D eigenvalue weighted by atomic mass is 10.0. The number of aliphatic carboxylic acids is 1. The molecule has 13 atom stereocenters. The van der Waals surface area contributed by atoms with Crippen molar-refractivity contribution in [3.05, 3.63) is 29.8 Å². The second kappa shape index (κ2) is 43.3. The number of benzene rings is 1. The van der Waals surface area contributed by atoms with Gasteiger partial charge in [0.2, 0.25) is 82.7 Å². The van der Waals surface area contributed by atoms with Crippen LogP contribution in [0, 0.1) is 0 Å². The van der Waals surface area contributed by atoms with Crippen LogP contribution in [0.1, 0.15) is 83.1 Å². The Balaban J connectivity index is 1.74. The molecule has 2 aliphatic rings. The van der Waals surface area contributed by atoms with Gasteiger partial charge in [0.15, 0.2) is 11.9 Å². The van der Waals surface area contributed by atoms with Crippen LogP contribution in [0.15, 0.2) is 34.3 Å². The van der Waals surface area contributed by atoms with Gasteiger partial charge in [-0.25, -0.2) is 4.79 Å². The Morgan fingerprint density at radius 3 is 1.36 bits per heavy atom. The normalized spacial score (nSPS) is 17.3. The number of hydrogen-bond donors (Lipinski definition) is 24. The number of carboxylic acids is 1. The molecule has 0 aliphatic carbocycles. The number of carbonyl (C=O) groups is 15. The highest BCUT2D eigenvalue weighted by Gasteiger charge is 2.43. The van der Waals surface area contributed by atoms with Crippen LogP contribution in [0.5, 0.6) is 5.75 Å². The fourth-order valence-electron chi connectivity index (χ4n) is 10.3. The van der Waals surface area contributed by atoms with Gasteiger partial charge in [0, 0.05) is 56.3 Å². The Morgan fingerprint density at radius 1 is 0.495 bits per heavy atom. The summed E-state index contributed by atoms with van der Waals surface area (Å²) >= 11 is 12.5. The van der Waals surface area contributed by atoms with Crippen LogP contribution >= 0.6 is 37.9 Å². The molecule has 101 heavy (non-hydrogen) atoms. The maximum absolute atomic E-state index is 14.5. The minimum Gasteiger partial charge on any atom is -0.508 e. The van der Waals surface area contributed by atoms with Gasteiger partial charge in [0.05, 0.1) is 25.7 Å².